The summed E-state index contributed by atoms with van der Waals surface area (Å²) in [6.45, 7) is 7.82. The summed E-state index contributed by atoms with van der Waals surface area (Å²) in [5, 5.41) is 0. The second-order valence-electron chi connectivity index (χ2n) is 9.45. The van der Waals surface area contributed by atoms with Gasteiger partial charge in [0.15, 0.2) is 0 Å². The maximum atomic E-state index is 13.4. The highest BCUT2D eigenvalue weighted by Crippen LogP contribution is 2.49. The van der Waals surface area contributed by atoms with Crippen molar-refractivity contribution in [1.82, 2.24) is 0 Å². The lowest BCUT2D eigenvalue weighted by Crippen LogP contribution is -2.49. The van der Waals surface area contributed by atoms with Crippen molar-refractivity contribution in [2.75, 3.05) is 19.1 Å². The van der Waals surface area contributed by atoms with Gasteiger partial charge in [0.25, 0.3) is 0 Å². The number of fused-ring (bicyclic) bond motifs is 1. The topological polar surface area (TPSA) is 83.5 Å². The number of amides is 1. The van der Waals surface area contributed by atoms with E-state index in [0.29, 0.717) is 17.0 Å². The third kappa shape index (κ3) is 4.14. The van der Waals surface area contributed by atoms with Gasteiger partial charge in [-0.2, -0.15) is 0 Å². The van der Waals surface area contributed by atoms with Crippen LogP contribution in [0.2, 0.25) is 0 Å². The average Bonchev–Trinajstić information content (AvgIpc) is 3.26. The van der Waals surface area contributed by atoms with Crippen molar-refractivity contribution < 1.29 is 33.1 Å². The summed E-state index contributed by atoms with van der Waals surface area (Å²) in [7, 11) is 2.05. The van der Waals surface area contributed by atoms with Gasteiger partial charge in [-0.15, -0.1) is 0 Å². The van der Waals surface area contributed by atoms with Gasteiger partial charge in [-0.05, 0) is 57.0 Å². The van der Waals surface area contributed by atoms with E-state index in [2.05, 4.69) is 0 Å². The number of rotatable bonds is 5. The molecule has 8 nitrogen and oxygen atoms in total. The lowest BCUT2D eigenvalue weighted by atomic mass is 9.65. The van der Waals surface area contributed by atoms with E-state index in [1.807, 2.05) is 58.0 Å². The van der Waals surface area contributed by atoms with E-state index in [1.165, 1.54) is 12.0 Å². The summed E-state index contributed by atoms with van der Waals surface area (Å²) >= 11 is 0. The fourth-order valence-electron chi connectivity index (χ4n) is 4.33. The molecule has 1 unspecified atom stereocenters. The van der Waals surface area contributed by atoms with E-state index >= 15 is 0 Å². The van der Waals surface area contributed by atoms with Gasteiger partial charge in [0.1, 0.15) is 18.4 Å². The molecule has 1 amide bonds. The number of nitrogens with zero attached hydrogens (tertiary/aromatic N) is 1. The molecule has 2 aliphatic rings. The highest BCUT2D eigenvalue weighted by atomic mass is 16.7. The zero-order chi connectivity index (χ0) is 24.7. The van der Waals surface area contributed by atoms with Crippen molar-refractivity contribution in [3.63, 3.8) is 0 Å². The molecule has 0 spiro atoms. The summed E-state index contributed by atoms with van der Waals surface area (Å²) in [6.07, 6.45) is -0.662. The van der Waals surface area contributed by atoms with Gasteiger partial charge in [0.05, 0.1) is 36.9 Å². The molecule has 2 atom stereocenters. The van der Waals surface area contributed by atoms with Crippen LogP contribution in [-0.4, -0.2) is 50.6 Å². The van der Waals surface area contributed by atoms with Gasteiger partial charge in [0.2, 0.25) is 0 Å². The number of ether oxygens (including phenoxy) is 3. The Bertz CT molecular complexity index is 1060. The Morgan fingerprint density at radius 2 is 1.65 bits per heavy atom. The van der Waals surface area contributed by atoms with Crippen LogP contribution in [0.25, 0.3) is 0 Å². The van der Waals surface area contributed by atoms with Crippen LogP contribution in [0.3, 0.4) is 0 Å². The summed E-state index contributed by atoms with van der Waals surface area (Å²) in [6, 6.07) is 13.6. The first-order valence-corrected chi connectivity index (χ1v) is 11.2. The minimum Gasteiger partial charge on any atom is -0.497 e. The Morgan fingerprint density at radius 3 is 2.24 bits per heavy atom. The van der Waals surface area contributed by atoms with Crippen LogP contribution < -0.4 is 9.64 Å². The highest BCUT2D eigenvalue weighted by Gasteiger charge is 2.61. The molecule has 1 fully saturated rings. The first-order chi connectivity index (χ1) is 16.1. The van der Waals surface area contributed by atoms with Crippen LogP contribution in [0.4, 0.5) is 10.5 Å². The van der Waals surface area contributed by atoms with Crippen LogP contribution in [0.15, 0.2) is 48.5 Å². The SMILES string of the molecule is COC(=O)C1[C@@H](B2OC(C)(C)C(C)(C)O2)c2cc(OC)ccc2N1C(=O)OCc1ccccc1. The monoisotopic (exact) mass is 467 g/mol. The summed E-state index contributed by atoms with van der Waals surface area (Å²) in [4.78, 5) is 27.8. The molecule has 2 heterocycles. The number of benzene rings is 2. The maximum Gasteiger partial charge on any atom is 0.468 e. The van der Waals surface area contributed by atoms with E-state index in [4.69, 9.17) is 23.5 Å². The van der Waals surface area contributed by atoms with Crippen molar-refractivity contribution in [3.8, 4) is 5.75 Å². The van der Waals surface area contributed by atoms with Crippen molar-refractivity contribution in [2.45, 2.75) is 57.4 Å². The molecular formula is C25H30BNO7. The Balaban J connectivity index is 1.74. The van der Waals surface area contributed by atoms with Crippen molar-refractivity contribution >= 4 is 24.9 Å². The number of esters is 1. The summed E-state index contributed by atoms with van der Waals surface area (Å²) in [5.74, 6) is -0.655. The van der Waals surface area contributed by atoms with Crippen LogP contribution in [0.1, 0.15) is 44.6 Å². The lowest BCUT2D eigenvalue weighted by molar-refractivity contribution is -0.142. The van der Waals surface area contributed by atoms with Gasteiger partial charge in [0, 0.05) is 0 Å². The second-order valence-corrected chi connectivity index (χ2v) is 9.45. The normalized spacial score (nSPS) is 22.3. The van der Waals surface area contributed by atoms with Crippen molar-refractivity contribution in [1.29, 1.82) is 0 Å². The first-order valence-electron chi connectivity index (χ1n) is 11.2. The van der Waals surface area contributed by atoms with E-state index in [-0.39, 0.29) is 6.61 Å². The fraction of sp³-hybridized carbons (Fsp3) is 0.440. The molecule has 9 heteroatoms. The molecule has 0 aliphatic carbocycles. The summed E-state index contributed by atoms with van der Waals surface area (Å²) in [5.41, 5.74) is 0.790. The molecule has 0 aromatic heterocycles. The van der Waals surface area contributed by atoms with Gasteiger partial charge in [-0.3, -0.25) is 4.90 Å². The zero-order valence-electron chi connectivity index (χ0n) is 20.4. The molecule has 2 aromatic rings. The number of hydrogen-bond acceptors (Lipinski definition) is 7. The van der Waals surface area contributed by atoms with E-state index in [9.17, 15) is 9.59 Å². The van der Waals surface area contributed by atoms with Crippen molar-refractivity contribution in [3.05, 3.63) is 59.7 Å². The molecule has 0 saturated carbocycles. The molecule has 2 aromatic carbocycles. The molecule has 2 aliphatic heterocycles. The Hall–Kier alpha value is -3.04. The Morgan fingerprint density at radius 1 is 1.00 bits per heavy atom. The predicted molar refractivity (Wildman–Crippen MR) is 127 cm³/mol. The third-order valence-corrected chi connectivity index (χ3v) is 6.88. The molecule has 0 N–H and O–H groups in total. The number of hydrogen-bond donors (Lipinski definition) is 0. The van der Waals surface area contributed by atoms with Crippen molar-refractivity contribution in [2.24, 2.45) is 0 Å². The average molecular weight is 467 g/mol. The number of carbonyl (C=O) groups is 2. The van der Waals surface area contributed by atoms with Crippen LogP contribution in [-0.2, 0) is 30.2 Å². The highest BCUT2D eigenvalue weighted by molar-refractivity contribution is 6.49. The van der Waals surface area contributed by atoms with Crippen LogP contribution in [0.5, 0.6) is 5.75 Å². The van der Waals surface area contributed by atoms with Gasteiger partial charge < -0.3 is 23.5 Å². The first kappa shape index (κ1) is 24.1. The predicted octanol–water partition coefficient (Wildman–Crippen LogP) is 4.11. The minimum absolute atomic E-state index is 0.0662. The molecular weight excluding hydrogens is 437 g/mol. The third-order valence-electron chi connectivity index (χ3n) is 6.88. The molecule has 0 radical (unpaired) electrons. The smallest absolute Gasteiger partial charge is 0.468 e. The lowest BCUT2D eigenvalue weighted by Gasteiger charge is -2.32. The Labute approximate surface area is 200 Å². The van der Waals surface area contributed by atoms with Crippen LogP contribution >= 0.6 is 0 Å². The van der Waals surface area contributed by atoms with Gasteiger partial charge in [-0.25, -0.2) is 9.59 Å². The van der Waals surface area contributed by atoms with E-state index in [1.54, 1.807) is 25.3 Å². The minimum atomic E-state index is -1.04. The zero-order valence-corrected chi connectivity index (χ0v) is 20.4. The van der Waals surface area contributed by atoms with Gasteiger partial charge in [-0.1, -0.05) is 30.3 Å². The second kappa shape index (κ2) is 8.96. The largest absolute Gasteiger partial charge is 0.497 e. The van der Waals surface area contributed by atoms with Crippen LogP contribution in [0, 0.1) is 0 Å². The fourth-order valence-corrected chi connectivity index (χ4v) is 4.33. The van der Waals surface area contributed by atoms with Gasteiger partial charge >= 0.3 is 19.2 Å². The maximum absolute atomic E-state index is 13.4. The van der Waals surface area contributed by atoms with E-state index < -0.39 is 42.2 Å². The Kier molecular flexibility index (Phi) is 6.35. The molecule has 0 bridgehead atoms. The molecule has 34 heavy (non-hydrogen) atoms. The number of methoxy groups -OCH3 is 2. The number of anilines is 1. The quantitative estimate of drug-likeness (QED) is 0.484. The molecule has 1 saturated heterocycles. The standard InChI is InChI=1S/C25H30BNO7/c1-24(2)25(3,4)34-26(33-24)20-18-14-17(30-5)12-13-19(18)27(21(20)22(28)31-6)23(29)32-15-16-10-8-7-9-11-16/h7-14,20-21H,15H2,1-6H3/t20-,21?/m0/s1. The molecule has 180 valence electrons. The van der Waals surface area contributed by atoms with E-state index in [0.717, 1.165) is 5.56 Å². The number of carbonyl (C=O) groups excluding carboxylic acids is 2. The summed E-state index contributed by atoms with van der Waals surface area (Å²) < 4.78 is 28.8. The molecule has 4 rings (SSSR count).